The van der Waals surface area contributed by atoms with E-state index in [9.17, 15) is 4.39 Å². The second-order valence-corrected chi connectivity index (χ2v) is 4.72. The van der Waals surface area contributed by atoms with Crippen LogP contribution in [-0.4, -0.2) is 33.9 Å². The molecule has 3 nitrogen and oxygen atoms in total. The van der Waals surface area contributed by atoms with Crippen LogP contribution in [0.15, 0.2) is 18.2 Å². The number of hydrogen-bond donors (Lipinski definition) is 1. The molecule has 19 heavy (non-hydrogen) atoms. The first-order valence-electron chi connectivity index (χ1n) is 6.83. The second kappa shape index (κ2) is 8.12. The van der Waals surface area contributed by atoms with Gasteiger partial charge in [-0.15, -0.1) is 0 Å². The lowest BCUT2D eigenvalue weighted by Gasteiger charge is -2.26. The van der Waals surface area contributed by atoms with Crippen LogP contribution in [0.2, 0.25) is 0 Å². The van der Waals surface area contributed by atoms with E-state index in [0.29, 0.717) is 0 Å². The fourth-order valence-electron chi connectivity index (χ4n) is 2.26. The third-order valence-corrected chi connectivity index (χ3v) is 3.23. The Balaban J connectivity index is 2.89. The first-order chi connectivity index (χ1) is 9.11. The maximum atomic E-state index is 14.1. The number of ether oxygens (including phenoxy) is 1. The maximum Gasteiger partial charge on any atom is 0.130 e. The Hall–Kier alpha value is -1.13. The molecule has 0 bridgehead atoms. The first kappa shape index (κ1) is 15.9. The highest BCUT2D eigenvalue weighted by molar-refractivity contribution is 5.55. The van der Waals surface area contributed by atoms with Crippen LogP contribution in [0, 0.1) is 5.82 Å². The van der Waals surface area contributed by atoms with Gasteiger partial charge in [-0.1, -0.05) is 13.0 Å². The van der Waals surface area contributed by atoms with Crippen molar-refractivity contribution in [2.75, 3.05) is 38.8 Å². The zero-order chi connectivity index (χ0) is 14.3. The number of rotatable bonds is 8. The molecule has 1 rings (SSSR count). The van der Waals surface area contributed by atoms with Gasteiger partial charge >= 0.3 is 0 Å². The summed E-state index contributed by atoms with van der Waals surface area (Å²) in [6.07, 6.45) is 0.929. The SMILES string of the molecule is CCNC(C)c1c(F)cccc1N(C)CCCOC. The Bertz CT molecular complexity index is 384. The predicted molar refractivity (Wildman–Crippen MR) is 78.3 cm³/mol. The van der Waals surface area contributed by atoms with Crippen molar-refractivity contribution in [3.8, 4) is 0 Å². The molecule has 1 aromatic rings. The lowest BCUT2D eigenvalue weighted by Crippen LogP contribution is -2.25. The molecule has 1 N–H and O–H groups in total. The van der Waals surface area contributed by atoms with Gasteiger partial charge in [-0.2, -0.15) is 0 Å². The molecule has 0 aliphatic carbocycles. The third kappa shape index (κ3) is 4.48. The summed E-state index contributed by atoms with van der Waals surface area (Å²) in [5.41, 5.74) is 1.69. The van der Waals surface area contributed by atoms with E-state index in [-0.39, 0.29) is 11.9 Å². The molecule has 0 amide bonds. The van der Waals surface area contributed by atoms with Crippen LogP contribution in [-0.2, 0) is 4.74 Å². The van der Waals surface area contributed by atoms with Crippen LogP contribution < -0.4 is 10.2 Å². The van der Waals surface area contributed by atoms with E-state index in [1.165, 1.54) is 6.07 Å². The van der Waals surface area contributed by atoms with Crippen molar-refractivity contribution in [3.05, 3.63) is 29.6 Å². The van der Waals surface area contributed by atoms with E-state index in [2.05, 4.69) is 10.2 Å². The number of benzene rings is 1. The highest BCUT2D eigenvalue weighted by Gasteiger charge is 2.17. The quantitative estimate of drug-likeness (QED) is 0.734. The van der Waals surface area contributed by atoms with E-state index in [1.54, 1.807) is 13.2 Å². The van der Waals surface area contributed by atoms with Crippen molar-refractivity contribution in [2.45, 2.75) is 26.3 Å². The van der Waals surface area contributed by atoms with Gasteiger partial charge in [0, 0.05) is 44.6 Å². The van der Waals surface area contributed by atoms with Crippen LogP contribution in [0.5, 0.6) is 0 Å². The van der Waals surface area contributed by atoms with E-state index in [1.807, 2.05) is 27.0 Å². The number of hydrogen-bond acceptors (Lipinski definition) is 3. The van der Waals surface area contributed by atoms with Gasteiger partial charge in [-0.3, -0.25) is 0 Å². The molecule has 0 heterocycles. The number of nitrogens with zero attached hydrogens (tertiary/aromatic N) is 1. The summed E-state index contributed by atoms with van der Waals surface area (Å²) in [6.45, 7) is 6.41. The highest BCUT2D eigenvalue weighted by Crippen LogP contribution is 2.28. The summed E-state index contributed by atoms with van der Waals surface area (Å²) in [7, 11) is 3.69. The van der Waals surface area contributed by atoms with Gasteiger partial charge in [-0.05, 0) is 32.0 Å². The Labute approximate surface area is 115 Å². The number of halogens is 1. The average molecular weight is 268 g/mol. The van der Waals surface area contributed by atoms with E-state index >= 15 is 0 Å². The molecule has 0 aliphatic heterocycles. The molecule has 4 heteroatoms. The van der Waals surface area contributed by atoms with Gasteiger partial charge in [0.05, 0.1) is 0 Å². The van der Waals surface area contributed by atoms with Crippen molar-refractivity contribution in [1.29, 1.82) is 0 Å². The van der Waals surface area contributed by atoms with E-state index in [0.717, 1.165) is 37.4 Å². The second-order valence-electron chi connectivity index (χ2n) is 4.72. The number of methoxy groups -OCH3 is 1. The first-order valence-corrected chi connectivity index (χ1v) is 6.83. The lowest BCUT2D eigenvalue weighted by molar-refractivity contribution is 0.196. The molecule has 0 saturated carbocycles. The molecule has 0 radical (unpaired) electrons. The summed E-state index contributed by atoms with van der Waals surface area (Å²) in [4.78, 5) is 2.09. The van der Waals surface area contributed by atoms with Gasteiger partial charge in [0.2, 0.25) is 0 Å². The molecule has 0 fully saturated rings. The minimum atomic E-state index is -0.149. The molecular weight excluding hydrogens is 243 g/mol. The fourth-order valence-corrected chi connectivity index (χ4v) is 2.26. The Morgan fingerprint density at radius 2 is 2.16 bits per heavy atom. The summed E-state index contributed by atoms with van der Waals surface area (Å²) >= 11 is 0. The summed E-state index contributed by atoms with van der Waals surface area (Å²) in [5.74, 6) is -0.149. The molecule has 0 saturated heterocycles. The van der Waals surface area contributed by atoms with Crippen LogP contribution in [0.25, 0.3) is 0 Å². The predicted octanol–water partition coefficient (Wildman–Crippen LogP) is 2.97. The third-order valence-electron chi connectivity index (χ3n) is 3.23. The van der Waals surface area contributed by atoms with Crippen molar-refractivity contribution in [2.24, 2.45) is 0 Å². The standard InChI is InChI=1S/C15H25FN2O/c1-5-17-12(2)15-13(16)8-6-9-14(15)18(3)10-7-11-19-4/h6,8-9,12,17H,5,7,10-11H2,1-4H3. The van der Waals surface area contributed by atoms with Gasteiger partial charge in [0.15, 0.2) is 0 Å². The zero-order valence-corrected chi connectivity index (χ0v) is 12.4. The van der Waals surface area contributed by atoms with Crippen molar-refractivity contribution < 1.29 is 9.13 Å². The molecule has 1 atom stereocenters. The molecule has 1 unspecified atom stereocenters. The Morgan fingerprint density at radius 1 is 1.42 bits per heavy atom. The fraction of sp³-hybridized carbons (Fsp3) is 0.600. The van der Waals surface area contributed by atoms with Gasteiger partial charge in [0.25, 0.3) is 0 Å². The molecule has 0 aliphatic rings. The Morgan fingerprint density at radius 3 is 2.79 bits per heavy atom. The molecule has 0 aromatic heterocycles. The smallest absolute Gasteiger partial charge is 0.130 e. The van der Waals surface area contributed by atoms with E-state index in [4.69, 9.17) is 4.74 Å². The van der Waals surface area contributed by atoms with Crippen LogP contribution >= 0.6 is 0 Å². The topological polar surface area (TPSA) is 24.5 Å². The van der Waals surface area contributed by atoms with Crippen molar-refractivity contribution in [3.63, 3.8) is 0 Å². The lowest BCUT2D eigenvalue weighted by atomic mass is 10.0. The molecular formula is C15H25FN2O. The Kier molecular flexibility index (Phi) is 6.81. The summed E-state index contributed by atoms with van der Waals surface area (Å²) < 4.78 is 19.1. The number of nitrogens with one attached hydrogen (secondary N) is 1. The molecule has 108 valence electrons. The minimum Gasteiger partial charge on any atom is -0.385 e. The van der Waals surface area contributed by atoms with Crippen LogP contribution in [0.1, 0.15) is 31.9 Å². The molecule has 1 aromatic carbocycles. The maximum absolute atomic E-state index is 14.1. The molecule has 0 spiro atoms. The summed E-state index contributed by atoms with van der Waals surface area (Å²) in [5, 5.41) is 3.27. The number of anilines is 1. The van der Waals surface area contributed by atoms with Crippen molar-refractivity contribution in [1.82, 2.24) is 5.32 Å². The van der Waals surface area contributed by atoms with Gasteiger partial charge in [0.1, 0.15) is 5.82 Å². The largest absolute Gasteiger partial charge is 0.385 e. The van der Waals surface area contributed by atoms with Crippen LogP contribution in [0.4, 0.5) is 10.1 Å². The average Bonchev–Trinajstić information content (AvgIpc) is 2.38. The van der Waals surface area contributed by atoms with Gasteiger partial charge < -0.3 is 15.0 Å². The van der Waals surface area contributed by atoms with Crippen molar-refractivity contribution >= 4 is 5.69 Å². The zero-order valence-electron chi connectivity index (χ0n) is 12.4. The monoisotopic (exact) mass is 268 g/mol. The summed E-state index contributed by atoms with van der Waals surface area (Å²) in [6, 6.07) is 5.26. The normalized spacial score (nSPS) is 12.5. The highest BCUT2D eigenvalue weighted by atomic mass is 19.1. The van der Waals surface area contributed by atoms with Crippen LogP contribution in [0.3, 0.4) is 0 Å². The minimum absolute atomic E-state index is 0.00563. The van der Waals surface area contributed by atoms with Gasteiger partial charge in [-0.25, -0.2) is 4.39 Å². The van der Waals surface area contributed by atoms with E-state index < -0.39 is 0 Å².